The molecule has 0 saturated heterocycles. The number of imidazole rings is 1. The third-order valence-electron chi connectivity index (χ3n) is 3.18. The summed E-state index contributed by atoms with van der Waals surface area (Å²) in [6.07, 6.45) is 5.27. The van der Waals surface area contributed by atoms with Crippen molar-refractivity contribution in [2.24, 2.45) is 5.73 Å². The first kappa shape index (κ1) is 15.7. The quantitative estimate of drug-likeness (QED) is 0.705. The number of hydrogen-bond acceptors (Lipinski definition) is 4. The van der Waals surface area contributed by atoms with Crippen molar-refractivity contribution in [1.82, 2.24) is 20.2 Å². The molecule has 1 heterocycles. The zero-order chi connectivity index (χ0) is 15.9. The Bertz CT molecular complexity index is 639. The van der Waals surface area contributed by atoms with Gasteiger partial charge in [-0.15, -0.1) is 0 Å². The van der Waals surface area contributed by atoms with Crippen LogP contribution in [0.2, 0.25) is 0 Å². The fourth-order valence-corrected chi connectivity index (χ4v) is 1.99. The number of benzene rings is 1. The first-order valence-corrected chi connectivity index (χ1v) is 6.94. The maximum Gasteiger partial charge on any atom is 0.239 e. The molecule has 7 heteroatoms. The van der Waals surface area contributed by atoms with Gasteiger partial charge in [0, 0.05) is 18.1 Å². The zero-order valence-corrected chi connectivity index (χ0v) is 12.3. The highest BCUT2D eigenvalue weighted by Crippen LogP contribution is 2.16. The molecule has 2 amide bonds. The summed E-state index contributed by atoms with van der Waals surface area (Å²) in [6.45, 7) is 1.67. The van der Waals surface area contributed by atoms with E-state index in [4.69, 9.17) is 5.73 Å². The monoisotopic (exact) mass is 301 g/mol. The Labute approximate surface area is 128 Å². The number of carbonyl (C=O) groups is 2. The minimum absolute atomic E-state index is 0.0818. The smallest absolute Gasteiger partial charge is 0.239 e. The van der Waals surface area contributed by atoms with Gasteiger partial charge in [0.25, 0.3) is 0 Å². The third-order valence-corrected chi connectivity index (χ3v) is 3.18. The van der Waals surface area contributed by atoms with Crippen LogP contribution in [0.5, 0.6) is 0 Å². The molecule has 2 aromatic rings. The molecule has 116 valence electrons. The summed E-state index contributed by atoms with van der Waals surface area (Å²) >= 11 is 0. The van der Waals surface area contributed by atoms with Gasteiger partial charge in [-0.3, -0.25) is 9.59 Å². The predicted molar refractivity (Wildman–Crippen MR) is 82.2 cm³/mol. The maximum absolute atomic E-state index is 11.8. The molecule has 0 saturated carbocycles. The first-order chi connectivity index (χ1) is 10.6. The molecule has 1 unspecified atom stereocenters. The summed E-state index contributed by atoms with van der Waals surface area (Å²) < 4.78 is 1.89. The molecule has 0 bridgehead atoms. The highest BCUT2D eigenvalue weighted by Gasteiger charge is 2.11. The van der Waals surface area contributed by atoms with Crippen LogP contribution in [-0.4, -0.2) is 34.5 Å². The summed E-state index contributed by atoms with van der Waals surface area (Å²) in [5.41, 5.74) is 7.09. The Kier molecular flexibility index (Phi) is 5.26. The van der Waals surface area contributed by atoms with Crippen molar-refractivity contribution in [3.8, 4) is 5.69 Å². The maximum atomic E-state index is 11.8. The van der Waals surface area contributed by atoms with Crippen LogP contribution in [0.1, 0.15) is 18.5 Å². The molecule has 1 atom stereocenters. The molecule has 0 aliphatic carbocycles. The Balaban J connectivity index is 1.98. The van der Waals surface area contributed by atoms with E-state index >= 15 is 0 Å². The van der Waals surface area contributed by atoms with Crippen molar-refractivity contribution in [3.05, 3.63) is 48.5 Å². The summed E-state index contributed by atoms with van der Waals surface area (Å²) in [5, 5.41) is 5.26. The number of amides is 2. The predicted octanol–water partition coefficient (Wildman–Crippen LogP) is 0.124. The van der Waals surface area contributed by atoms with E-state index in [2.05, 4.69) is 15.6 Å². The van der Waals surface area contributed by atoms with E-state index in [0.717, 1.165) is 11.3 Å². The molecule has 2 rings (SSSR count). The van der Waals surface area contributed by atoms with Crippen LogP contribution in [0.4, 0.5) is 0 Å². The molecule has 0 fully saturated rings. The second-order valence-electron chi connectivity index (χ2n) is 4.83. The fraction of sp³-hybridized carbons (Fsp3) is 0.267. The normalized spacial score (nSPS) is 11.7. The van der Waals surface area contributed by atoms with Gasteiger partial charge in [0.2, 0.25) is 11.8 Å². The number of carbonyl (C=O) groups excluding carboxylic acids is 2. The first-order valence-electron chi connectivity index (χ1n) is 6.94. The Morgan fingerprint density at radius 2 is 2.18 bits per heavy atom. The number of rotatable bonds is 6. The van der Waals surface area contributed by atoms with Crippen LogP contribution in [0, 0.1) is 0 Å². The van der Waals surface area contributed by atoms with Crippen LogP contribution in [0.25, 0.3) is 5.69 Å². The second-order valence-corrected chi connectivity index (χ2v) is 4.83. The zero-order valence-electron chi connectivity index (χ0n) is 12.3. The Morgan fingerprint density at radius 3 is 2.86 bits per heavy atom. The molecule has 0 aliphatic heterocycles. The van der Waals surface area contributed by atoms with Crippen LogP contribution in [0.3, 0.4) is 0 Å². The molecular formula is C15H19N5O2. The highest BCUT2D eigenvalue weighted by atomic mass is 16.2. The number of hydrogen-bond donors (Lipinski definition) is 3. The van der Waals surface area contributed by atoms with E-state index in [1.54, 1.807) is 12.5 Å². The van der Waals surface area contributed by atoms with E-state index < -0.39 is 0 Å². The minimum Gasteiger partial charge on any atom is -0.348 e. The lowest BCUT2D eigenvalue weighted by Gasteiger charge is -2.16. The summed E-state index contributed by atoms with van der Waals surface area (Å²) in [4.78, 5) is 26.8. The lowest BCUT2D eigenvalue weighted by Crippen LogP contribution is -2.40. The van der Waals surface area contributed by atoms with E-state index in [1.807, 2.05) is 42.0 Å². The van der Waals surface area contributed by atoms with Crippen molar-refractivity contribution < 1.29 is 9.59 Å². The number of nitrogens with zero attached hydrogens (tertiary/aromatic N) is 2. The largest absolute Gasteiger partial charge is 0.348 e. The topological polar surface area (TPSA) is 102 Å². The van der Waals surface area contributed by atoms with Crippen molar-refractivity contribution in [3.63, 3.8) is 0 Å². The Morgan fingerprint density at radius 1 is 1.36 bits per heavy atom. The van der Waals surface area contributed by atoms with Crippen LogP contribution >= 0.6 is 0 Å². The van der Waals surface area contributed by atoms with Crippen LogP contribution < -0.4 is 16.4 Å². The van der Waals surface area contributed by atoms with E-state index in [-0.39, 0.29) is 30.9 Å². The van der Waals surface area contributed by atoms with Crippen molar-refractivity contribution in [1.29, 1.82) is 0 Å². The van der Waals surface area contributed by atoms with Crippen molar-refractivity contribution in [2.75, 3.05) is 13.1 Å². The van der Waals surface area contributed by atoms with Crippen molar-refractivity contribution in [2.45, 2.75) is 13.0 Å². The van der Waals surface area contributed by atoms with Gasteiger partial charge >= 0.3 is 0 Å². The van der Waals surface area contributed by atoms with Gasteiger partial charge in [0.1, 0.15) is 0 Å². The fourth-order valence-electron chi connectivity index (χ4n) is 1.99. The molecule has 1 aromatic heterocycles. The molecule has 4 N–H and O–H groups in total. The third kappa shape index (κ3) is 4.16. The molecule has 1 aromatic carbocycles. The average molecular weight is 301 g/mol. The van der Waals surface area contributed by atoms with Gasteiger partial charge in [-0.2, -0.15) is 0 Å². The van der Waals surface area contributed by atoms with Crippen molar-refractivity contribution >= 4 is 11.8 Å². The molecular weight excluding hydrogens is 282 g/mol. The summed E-state index contributed by atoms with van der Waals surface area (Å²) in [6, 6.07) is 7.62. The number of nitrogens with one attached hydrogen (secondary N) is 2. The SMILES string of the molecule is CC(NC(=O)CNC(=O)CN)c1cccc(-n2ccnc2)c1. The number of aromatic nitrogens is 2. The lowest BCUT2D eigenvalue weighted by molar-refractivity contribution is -0.125. The highest BCUT2D eigenvalue weighted by molar-refractivity contribution is 5.85. The van der Waals surface area contributed by atoms with Crippen LogP contribution in [0.15, 0.2) is 43.0 Å². The molecule has 7 nitrogen and oxygen atoms in total. The van der Waals surface area contributed by atoms with Gasteiger partial charge in [-0.25, -0.2) is 4.98 Å². The average Bonchev–Trinajstić information content (AvgIpc) is 3.07. The van der Waals surface area contributed by atoms with E-state index in [0.29, 0.717) is 0 Å². The van der Waals surface area contributed by atoms with E-state index in [9.17, 15) is 9.59 Å². The van der Waals surface area contributed by atoms with Gasteiger partial charge < -0.3 is 20.9 Å². The van der Waals surface area contributed by atoms with Gasteiger partial charge in [0.05, 0.1) is 25.5 Å². The molecule has 22 heavy (non-hydrogen) atoms. The van der Waals surface area contributed by atoms with Gasteiger partial charge in [-0.05, 0) is 24.6 Å². The number of nitrogens with two attached hydrogens (primary N) is 1. The van der Waals surface area contributed by atoms with Gasteiger partial charge in [0.15, 0.2) is 0 Å². The molecule has 0 aliphatic rings. The van der Waals surface area contributed by atoms with Gasteiger partial charge in [-0.1, -0.05) is 12.1 Å². The summed E-state index contributed by atoms with van der Waals surface area (Å²) in [5.74, 6) is -0.618. The standard InChI is InChI=1S/C15H19N5O2/c1-11(19-15(22)9-18-14(21)8-16)12-3-2-4-13(7-12)20-6-5-17-10-20/h2-7,10-11H,8-9,16H2,1H3,(H,18,21)(H,19,22). The molecule has 0 spiro atoms. The van der Waals surface area contributed by atoms with E-state index in [1.165, 1.54) is 0 Å². The molecule has 0 radical (unpaired) electrons. The second kappa shape index (κ2) is 7.37. The Hall–Kier alpha value is -2.67. The minimum atomic E-state index is -0.357. The summed E-state index contributed by atoms with van der Waals surface area (Å²) in [7, 11) is 0. The van der Waals surface area contributed by atoms with Crippen LogP contribution in [-0.2, 0) is 9.59 Å². The lowest BCUT2D eigenvalue weighted by atomic mass is 10.1.